The second kappa shape index (κ2) is 12.5. The van der Waals surface area contributed by atoms with Gasteiger partial charge in [-0.1, -0.05) is 12.1 Å². The van der Waals surface area contributed by atoms with Gasteiger partial charge in [-0.05, 0) is 25.0 Å². The minimum Gasteiger partial charge on any atom is -0.489 e. The fourth-order valence-electron chi connectivity index (χ4n) is 2.70. The van der Waals surface area contributed by atoms with Crippen molar-refractivity contribution in [2.75, 3.05) is 46.9 Å². The lowest BCUT2D eigenvalue weighted by atomic mass is 10.2. The highest BCUT2D eigenvalue weighted by Gasteiger charge is 2.21. The lowest BCUT2D eigenvalue weighted by molar-refractivity contribution is -0.892. The summed E-state index contributed by atoms with van der Waals surface area (Å²) in [6.07, 6.45) is 0.507. The number of ether oxygens (including phenoxy) is 1. The molecular formula is C19H29N4O6+. The maximum Gasteiger partial charge on any atom is 0.294 e. The third-order valence-corrected chi connectivity index (χ3v) is 4.18. The van der Waals surface area contributed by atoms with E-state index in [4.69, 9.17) is 10.00 Å². The number of carbonyl (C=O) groups excluding carboxylic acids is 1. The van der Waals surface area contributed by atoms with Gasteiger partial charge in [0.2, 0.25) is 5.91 Å². The SMILES string of the molecule is C[N+](C)(CCNC(=O)CCCCO[N+](=O)[O-])CC(O)COc1ccccc1C#N. The van der Waals surface area contributed by atoms with E-state index in [0.29, 0.717) is 48.3 Å². The second-order valence-corrected chi connectivity index (χ2v) is 7.28. The maximum absolute atomic E-state index is 11.8. The monoisotopic (exact) mass is 409 g/mol. The predicted octanol–water partition coefficient (Wildman–Crippen LogP) is 0.869. The van der Waals surface area contributed by atoms with Crippen molar-refractivity contribution >= 4 is 5.91 Å². The van der Waals surface area contributed by atoms with E-state index >= 15 is 0 Å². The molecule has 0 heterocycles. The molecule has 0 fully saturated rings. The molecule has 0 saturated carbocycles. The molecule has 0 aliphatic carbocycles. The molecule has 0 aromatic heterocycles. The minimum absolute atomic E-state index is 0.0109. The lowest BCUT2D eigenvalue weighted by Gasteiger charge is -2.31. The van der Waals surface area contributed by atoms with Gasteiger partial charge in [0.1, 0.15) is 31.1 Å². The van der Waals surface area contributed by atoms with E-state index in [-0.39, 0.29) is 25.5 Å². The number of nitriles is 1. The molecule has 29 heavy (non-hydrogen) atoms. The highest BCUT2D eigenvalue weighted by atomic mass is 16.9. The van der Waals surface area contributed by atoms with Crippen molar-refractivity contribution in [3.63, 3.8) is 0 Å². The average molecular weight is 409 g/mol. The van der Waals surface area contributed by atoms with Crippen LogP contribution < -0.4 is 10.1 Å². The van der Waals surface area contributed by atoms with Gasteiger partial charge in [-0.2, -0.15) is 5.26 Å². The van der Waals surface area contributed by atoms with Crippen molar-refractivity contribution < 1.29 is 29.0 Å². The number of aliphatic hydroxyl groups excluding tert-OH is 1. The summed E-state index contributed by atoms with van der Waals surface area (Å²) in [6.45, 7) is 1.54. The van der Waals surface area contributed by atoms with Gasteiger partial charge in [-0.25, -0.2) is 0 Å². The number of rotatable bonds is 14. The van der Waals surface area contributed by atoms with Crippen molar-refractivity contribution in [1.29, 1.82) is 5.26 Å². The molecule has 10 nitrogen and oxygen atoms in total. The Bertz CT molecular complexity index is 704. The number of nitrogens with one attached hydrogen (secondary N) is 1. The molecule has 0 aliphatic rings. The van der Waals surface area contributed by atoms with E-state index in [1.165, 1.54) is 0 Å². The van der Waals surface area contributed by atoms with Crippen LogP contribution in [0.4, 0.5) is 0 Å². The normalized spacial score (nSPS) is 11.9. The first kappa shape index (κ1) is 24.1. The molecule has 1 unspecified atom stereocenters. The number of quaternary nitrogens is 1. The van der Waals surface area contributed by atoms with Crippen LogP contribution in [0.5, 0.6) is 5.75 Å². The Morgan fingerprint density at radius 2 is 2.10 bits per heavy atom. The topological polar surface area (TPSA) is 135 Å². The van der Waals surface area contributed by atoms with Crippen molar-refractivity contribution in [1.82, 2.24) is 5.32 Å². The van der Waals surface area contributed by atoms with E-state index in [9.17, 15) is 20.0 Å². The molecule has 1 amide bonds. The molecule has 1 aromatic rings. The number of benzene rings is 1. The van der Waals surface area contributed by atoms with Crippen molar-refractivity contribution in [2.24, 2.45) is 0 Å². The summed E-state index contributed by atoms with van der Waals surface area (Å²) < 4.78 is 6.03. The summed E-state index contributed by atoms with van der Waals surface area (Å²) in [6, 6.07) is 8.89. The first-order valence-corrected chi connectivity index (χ1v) is 9.39. The lowest BCUT2D eigenvalue weighted by Crippen LogP contribution is -2.50. The van der Waals surface area contributed by atoms with Crippen molar-refractivity contribution in [2.45, 2.75) is 25.4 Å². The number of amides is 1. The first-order chi connectivity index (χ1) is 13.7. The number of carbonyl (C=O) groups is 1. The Kier molecular flexibility index (Phi) is 10.4. The van der Waals surface area contributed by atoms with Crippen LogP contribution in [0, 0.1) is 21.4 Å². The molecule has 0 aliphatic heterocycles. The highest BCUT2D eigenvalue weighted by Crippen LogP contribution is 2.16. The molecule has 1 rings (SSSR count). The highest BCUT2D eigenvalue weighted by molar-refractivity contribution is 5.75. The molecule has 0 saturated heterocycles. The number of hydrogen-bond acceptors (Lipinski definition) is 7. The standard InChI is InChI=1S/C19H28N4O6/c1-23(2,11-10-21-19(25)9-5-6-12-29-22(26)27)14-17(24)15-28-18-8-4-3-7-16(18)13-20/h3-4,7-8,17,24H,5-6,9-12,14-15H2,1-2H3/p+1. The smallest absolute Gasteiger partial charge is 0.294 e. The predicted molar refractivity (Wildman–Crippen MR) is 104 cm³/mol. The van der Waals surface area contributed by atoms with Gasteiger partial charge in [0.05, 0.1) is 39.4 Å². The third kappa shape index (κ3) is 10.9. The summed E-state index contributed by atoms with van der Waals surface area (Å²) in [5, 5.41) is 31.3. The number of unbranched alkanes of at least 4 members (excludes halogenated alkanes) is 1. The molecule has 1 aromatic carbocycles. The second-order valence-electron chi connectivity index (χ2n) is 7.28. The van der Waals surface area contributed by atoms with Gasteiger partial charge in [-0.3, -0.25) is 4.79 Å². The first-order valence-electron chi connectivity index (χ1n) is 9.39. The summed E-state index contributed by atoms with van der Waals surface area (Å²) in [5.41, 5.74) is 0.418. The zero-order chi connectivity index (χ0) is 21.7. The fraction of sp³-hybridized carbons (Fsp3) is 0.579. The van der Waals surface area contributed by atoms with E-state index in [1.807, 2.05) is 20.2 Å². The zero-order valence-corrected chi connectivity index (χ0v) is 16.9. The van der Waals surface area contributed by atoms with Gasteiger partial charge >= 0.3 is 0 Å². The van der Waals surface area contributed by atoms with Crippen LogP contribution in [0.15, 0.2) is 24.3 Å². The quantitative estimate of drug-likeness (QED) is 0.201. The number of aliphatic hydroxyl groups is 1. The fourth-order valence-corrected chi connectivity index (χ4v) is 2.70. The molecule has 0 bridgehead atoms. The van der Waals surface area contributed by atoms with Gasteiger partial charge in [0.15, 0.2) is 0 Å². The molecule has 10 heteroatoms. The number of nitrogens with zero attached hydrogens (tertiary/aromatic N) is 3. The molecular weight excluding hydrogens is 380 g/mol. The summed E-state index contributed by atoms with van der Waals surface area (Å²) >= 11 is 0. The van der Waals surface area contributed by atoms with Gasteiger partial charge < -0.3 is 24.5 Å². The Morgan fingerprint density at radius 1 is 1.38 bits per heavy atom. The van der Waals surface area contributed by atoms with Gasteiger partial charge in [0, 0.05) is 6.42 Å². The average Bonchev–Trinajstić information content (AvgIpc) is 2.65. The number of likely N-dealkylation sites (N-methyl/N-ethyl adjacent to an activating group) is 1. The summed E-state index contributed by atoms with van der Waals surface area (Å²) in [5.74, 6) is 0.318. The molecule has 0 spiro atoms. The van der Waals surface area contributed by atoms with Crippen LogP contribution in [0.1, 0.15) is 24.8 Å². The van der Waals surface area contributed by atoms with Crippen LogP contribution in [0.2, 0.25) is 0 Å². The maximum atomic E-state index is 11.8. The van der Waals surface area contributed by atoms with Crippen molar-refractivity contribution in [3.8, 4) is 11.8 Å². The van der Waals surface area contributed by atoms with Crippen LogP contribution in [0.25, 0.3) is 0 Å². The van der Waals surface area contributed by atoms with E-state index in [0.717, 1.165) is 0 Å². The van der Waals surface area contributed by atoms with E-state index < -0.39 is 11.2 Å². The Labute approximate surface area is 170 Å². The van der Waals surface area contributed by atoms with Crippen LogP contribution >= 0.6 is 0 Å². The van der Waals surface area contributed by atoms with Crippen LogP contribution in [-0.2, 0) is 9.63 Å². The number of para-hydroxylation sites is 1. The summed E-state index contributed by atoms with van der Waals surface area (Å²) in [7, 11) is 3.88. The van der Waals surface area contributed by atoms with E-state index in [1.54, 1.807) is 24.3 Å². The third-order valence-electron chi connectivity index (χ3n) is 4.18. The van der Waals surface area contributed by atoms with Crippen LogP contribution in [-0.4, -0.2) is 73.6 Å². The molecule has 1 atom stereocenters. The molecule has 2 N–H and O–H groups in total. The Hall–Kier alpha value is -2.90. The van der Waals surface area contributed by atoms with E-state index in [2.05, 4.69) is 10.2 Å². The minimum atomic E-state index is -0.845. The van der Waals surface area contributed by atoms with Crippen molar-refractivity contribution in [3.05, 3.63) is 39.9 Å². The number of hydrogen-bond donors (Lipinski definition) is 2. The molecule has 0 radical (unpaired) electrons. The van der Waals surface area contributed by atoms with Gasteiger partial charge in [-0.15, -0.1) is 10.1 Å². The largest absolute Gasteiger partial charge is 0.489 e. The van der Waals surface area contributed by atoms with Crippen LogP contribution in [0.3, 0.4) is 0 Å². The van der Waals surface area contributed by atoms with Gasteiger partial charge in [0.25, 0.3) is 5.09 Å². The zero-order valence-electron chi connectivity index (χ0n) is 16.9. The Balaban J connectivity index is 2.24. The molecule has 160 valence electrons. The Morgan fingerprint density at radius 3 is 2.79 bits per heavy atom. The summed E-state index contributed by atoms with van der Waals surface area (Å²) in [4.78, 5) is 26.0.